The predicted octanol–water partition coefficient (Wildman–Crippen LogP) is 1.79. The number of hydrogen-bond acceptors (Lipinski definition) is 6. The van der Waals surface area contributed by atoms with Crippen LogP contribution in [-0.4, -0.2) is 58.8 Å². The highest BCUT2D eigenvalue weighted by molar-refractivity contribution is 7.89. The highest BCUT2D eigenvalue weighted by Gasteiger charge is 2.31. The first kappa shape index (κ1) is 20.0. The second kappa shape index (κ2) is 7.83. The number of halogens is 1. The Morgan fingerprint density at radius 2 is 1.79 bits per heavy atom. The van der Waals surface area contributed by atoms with Crippen molar-refractivity contribution in [1.82, 2.24) is 24.2 Å². The fraction of sp³-hybridized carbons (Fsp3) is 0.316. The summed E-state index contributed by atoms with van der Waals surface area (Å²) in [7, 11) is -3.92. The highest BCUT2D eigenvalue weighted by atomic mass is 35.5. The molecule has 8 nitrogen and oxygen atoms in total. The minimum absolute atomic E-state index is 0.00467. The van der Waals surface area contributed by atoms with Gasteiger partial charge >= 0.3 is 0 Å². The molecule has 0 aliphatic carbocycles. The lowest BCUT2D eigenvalue weighted by Crippen LogP contribution is -2.48. The van der Waals surface area contributed by atoms with Crippen LogP contribution in [0.15, 0.2) is 46.1 Å². The lowest BCUT2D eigenvalue weighted by molar-refractivity contribution is 0.181. The van der Waals surface area contributed by atoms with E-state index in [1.165, 1.54) is 9.87 Å². The molecule has 0 unspecified atom stereocenters. The van der Waals surface area contributed by atoms with Crippen LogP contribution in [-0.2, 0) is 16.6 Å². The third-order valence-corrected chi connectivity index (χ3v) is 7.12. The first-order valence-electron chi connectivity index (χ1n) is 9.18. The molecule has 1 fully saturated rings. The van der Waals surface area contributed by atoms with Crippen molar-refractivity contribution in [2.75, 3.05) is 26.2 Å². The summed E-state index contributed by atoms with van der Waals surface area (Å²) in [6.45, 7) is 4.23. The molecule has 1 aliphatic heterocycles. The maximum absolute atomic E-state index is 13.3. The van der Waals surface area contributed by atoms with Crippen molar-refractivity contribution >= 4 is 32.7 Å². The Bertz CT molecular complexity index is 1210. The van der Waals surface area contributed by atoms with Crippen LogP contribution in [0.1, 0.15) is 11.4 Å². The molecule has 3 aromatic rings. The number of nitrogens with zero attached hydrogens (tertiary/aromatic N) is 4. The number of sulfonamides is 1. The van der Waals surface area contributed by atoms with Crippen LogP contribution >= 0.6 is 11.6 Å². The highest BCUT2D eigenvalue weighted by Crippen LogP contribution is 2.28. The van der Waals surface area contributed by atoms with Gasteiger partial charge in [0.1, 0.15) is 21.5 Å². The molecule has 0 amide bonds. The summed E-state index contributed by atoms with van der Waals surface area (Å²) < 4.78 is 28.0. The van der Waals surface area contributed by atoms with Crippen LogP contribution in [0.5, 0.6) is 0 Å². The minimum Gasteiger partial charge on any atom is -0.306 e. The molecule has 152 valence electrons. The molecule has 3 heterocycles. The zero-order valence-electron chi connectivity index (χ0n) is 15.8. The van der Waals surface area contributed by atoms with Gasteiger partial charge in [-0.2, -0.15) is 4.31 Å². The average Bonchev–Trinajstić information content (AvgIpc) is 2.68. The third-order valence-electron chi connectivity index (χ3n) is 4.92. The summed E-state index contributed by atoms with van der Waals surface area (Å²) >= 11 is 6.21. The first-order chi connectivity index (χ1) is 13.8. The van der Waals surface area contributed by atoms with E-state index in [1.54, 1.807) is 6.92 Å². The smallest absolute Gasteiger partial charge is 0.250 e. The van der Waals surface area contributed by atoms with E-state index in [0.717, 1.165) is 12.6 Å². The van der Waals surface area contributed by atoms with Crippen molar-refractivity contribution in [2.45, 2.75) is 18.4 Å². The molecule has 1 aliphatic rings. The van der Waals surface area contributed by atoms with Crippen LogP contribution in [0.2, 0.25) is 5.15 Å². The van der Waals surface area contributed by atoms with Crippen molar-refractivity contribution in [1.29, 1.82) is 0 Å². The van der Waals surface area contributed by atoms with Gasteiger partial charge in [0, 0.05) is 38.8 Å². The maximum atomic E-state index is 13.3. The van der Waals surface area contributed by atoms with Gasteiger partial charge in [-0.15, -0.1) is 0 Å². The lowest BCUT2D eigenvalue weighted by atomic mass is 10.2. The number of pyridine rings is 1. The zero-order chi connectivity index (χ0) is 20.6. The van der Waals surface area contributed by atoms with Gasteiger partial charge in [0.2, 0.25) is 10.0 Å². The van der Waals surface area contributed by atoms with E-state index >= 15 is 0 Å². The van der Waals surface area contributed by atoms with Crippen LogP contribution < -0.4 is 5.56 Å². The fourth-order valence-electron chi connectivity index (χ4n) is 3.50. The van der Waals surface area contributed by atoms with Crippen LogP contribution in [0, 0.1) is 6.92 Å². The van der Waals surface area contributed by atoms with Crippen LogP contribution in [0.25, 0.3) is 11.0 Å². The van der Waals surface area contributed by atoms with Gasteiger partial charge in [-0.25, -0.2) is 18.4 Å². The summed E-state index contributed by atoms with van der Waals surface area (Å²) in [6.07, 6.45) is 0. The number of benzene rings is 1. The Labute approximate surface area is 173 Å². The number of piperazine rings is 1. The van der Waals surface area contributed by atoms with Crippen molar-refractivity contribution < 1.29 is 8.42 Å². The molecule has 0 atom stereocenters. The van der Waals surface area contributed by atoms with Gasteiger partial charge in [0.25, 0.3) is 5.56 Å². The van der Waals surface area contributed by atoms with Gasteiger partial charge in [0.05, 0.1) is 5.39 Å². The Morgan fingerprint density at radius 1 is 1.10 bits per heavy atom. The number of aryl methyl sites for hydroxylation is 1. The molecule has 29 heavy (non-hydrogen) atoms. The summed E-state index contributed by atoms with van der Waals surface area (Å²) in [4.78, 5) is 24.8. The van der Waals surface area contributed by atoms with Crippen molar-refractivity contribution in [3.8, 4) is 0 Å². The normalized spacial score (nSPS) is 16.3. The number of hydrogen-bond donors (Lipinski definition) is 1. The Balaban J connectivity index is 1.61. The average molecular weight is 434 g/mol. The summed E-state index contributed by atoms with van der Waals surface area (Å²) in [5.74, 6) is 0.349. The van der Waals surface area contributed by atoms with E-state index in [2.05, 4.69) is 32.0 Å². The number of aromatic nitrogens is 3. The largest absolute Gasteiger partial charge is 0.306 e. The molecule has 0 bridgehead atoms. The van der Waals surface area contributed by atoms with Gasteiger partial charge < -0.3 is 4.98 Å². The van der Waals surface area contributed by atoms with Crippen molar-refractivity contribution in [2.24, 2.45) is 0 Å². The van der Waals surface area contributed by atoms with Gasteiger partial charge in [-0.3, -0.25) is 9.69 Å². The van der Waals surface area contributed by atoms with E-state index in [9.17, 15) is 13.2 Å². The number of nitrogens with one attached hydrogen (secondary N) is 1. The van der Waals surface area contributed by atoms with Crippen LogP contribution in [0.3, 0.4) is 0 Å². The van der Waals surface area contributed by atoms with Gasteiger partial charge in [-0.05, 0) is 12.5 Å². The Hall–Kier alpha value is -2.33. The van der Waals surface area contributed by atoms with Crippen molar-refractivity contribution in [3.63, 3.8) is 0 Å². The molecular formula is C19H20ClN5O3S. The second-order valence-corrected chi connectivity index (χ2v) is 9.21. The summed E-state index contributed by atoms with van der Waals surface area (Å²) in [5.41, 5.74) is 0.757. The number of fused-ring (bicyclic) bond motifs is 1. The first-order valence-corrected chi connectivity index (χ1v) is 11.0. The molecule has 10 heteroatoms. The molecule has 1 aromatic carbocycles. The Kier molecular flexibility index (Phi) is 5.39. The molecule has 0 radical (unpaired) electrons. The maximum Gasteiger partial charge on any atom is 0.250 e. The number of aromatic amines is 1. The summed E-state index contributed by atoms with van der Waals surface area (Å²) in [6, 6.07) is 11.1. The monoisotopic (exact) mass is 433 g/mol. The van der Waals surface area contributed by atoms with Crippen molar-refractivity contribution in [3.05, 3.63) is 63.3 Å². The van der Waals surface area contributed by atoms with Gasteiger partial charge in [-0.1, -0.05) is 41.9 Å². The van der Waals surface area contributed by atoms with E-state index in [1.807, 2.05) is 18.2 Å². The number of rotatable bonds is 4. The molecule has 1 N–H and O–H groups in total. The minimum atomic E-state index is -3.92. The van der Waals surface area contributed by atoms with E-state index in [-0.39, 0.29) is 21.1 Å². The van der Waals surface area contributed by atoms with E-state index in [0.29, 0.717) is 32.0 Å². The fourth-order valence-corrected chi connectivity index (χ4v) is 5.50. The standard InChI is InChI=1S/C19H20ClN5O3S/c1-13-21-18(20)17-15(11-16(26)23-19(17)22-13)29(27,28)25-9-7-24(8-10-25)12-14-5-3-2-4-6-14/h2-6,11H,7-10,12H2,1H3,(H,21,22,23,26). The lowest BCUT2D eigenvalue weighted by Gasteiger charge is -2.34. The SMILES string of the molecule is Cc1nc(Cl)c2c(S(=O)(=O)N3CCN(Cc4ccccc4)CC3)cc(=O)[nH]c2n1. The van der Waals surface area contributed by atoms with Gasteiger partial charge in [0.15, 0.2) is 0 Å². The quantitative estimate of drug-likeness (QED) is 0.630. The molecule has 2 aromatic heterocycles. The second-order valence-electron chi connectivity index (χ2n) is 6.95. The number of H-pyrrole nitrogens is 1. The molecular weight excluding hydrogens is 414 g/mol. The Morgan fingerprint density at radius 3 is 2.48 bits per heavy atom. The molecule has 0 saturated carbocycles. The summed E-state index contributed by atoms with van der Waals surface area (Å²) in [5, 5.41) is 0.147. The van der Waals surface area contributed by atoms with Crippen LogP contribution in [0.4, 0.5) is 0 Å². The van der Waals surface area contributed by atoms with E-state index < -0.39 is 15.6 Å². The molecule has 4 rings (SSSR count). The molecule has 1 saturated heterocycles. The topological polar surface area (TPSA) is 99.3 Å². The molecule has 0 spiro atoms. The zero-order valence-corrected chi connectivity index (χ0v) is 17.4. The predicted molar refractivity (Wildman–Crippen MR) is 110 cm³/mol. The third kappa shape index (κ3) is 4.04. The van der Waals surface area contributed by atoms with E-state index in [4.69, 9.17) is 11.6 Å².